The van der Waals surface area contributed by atoms with E-state index in [0.29, 0.717) is 18.0 Å². The lowest BCUT2D eigenvalue weighted by Crippen LogP contribution is -2.28. The monoisotopic (exact) mass is 497 g/mol. The van der Waals surface area contributed by atoms with Crippen LogP contribution in [-0.2, 0) is 25.8 Å². The second kappa shape index (κ2) is 9.86. The molecule has 7 heteroatoms. The molecule has 0 spiro atoms. The molecule has 0 saturated heterocycles. The van der Waals surface area contributed by atoms with Crippen molar-refractivity contribution in [3.8, 4) is 0 Å². The van der Waals surface area contributed by atoms with Gasteiger partial charge in [0.15, 0.2) is 0 Å². The number of carbonyl (C=O) groups is 1. The summed E-state index contributed by atoms with van der Waals surface area (Å²) in [6, 6.07) is 15.7. The van der Waals surface area contributed by atoms with Gasteiger partial charge >= 0.3 is 0 Å². The molecule has 36 heavy (non-hydrogen) atoms. The van der Waals surface area contributed by atoms with Crippen LogP contribution >= 0.6 is 11.6 Å². The number of rotatable bonds is 5. The van der Waals surface area contributed by atoms with E-state index in [4.69, 9.17) is 16.6 Å². The minimum absolute atomic E-state index is 0.0561. The maximum atomic E-state index is 13.6. The number of pyridine rings is 1. The number of nitrogens with zero attached hydrogens (tertiary/aromatic N) is 4. The topological polar surface area (TPSA) is 72.7 Å². The summed E-state index contributed by atoms with van der Waals surface area (Å²) in [5, 5.41) is 13.6. The first-order valence-corrected chi connectivity index (χ1v) is 13.1. The Kier molecular flexibility index (Phi) is 6.28. The molecule has 0 saturated carbocycles. The van der Waals surface area contributed by atoms with E-state index in [2.05, 4.69) is 26.2 Å². The van der Waals surface area contributed by atoms with Gasteiger partial charge in [-0.1, -0.05) is 54.4 Å². The molecule has 1 amide bonds. The van der Waals surface area contributed by atoms with Gasteiger partial charge in [-0.05, 0) is 60.6 Å². The van der Waals surface area contributed by atoms with Gasteiger partial charge in [0.2, 0.25) is 0 Å². The molecular formula is C29H28ClN5O. The normalized spacial score (nSPS) is 16.1. The van der Waals surface area contributed by atoms with Gasteiger partial charge in [0.25, 0.3) is 5.91 Å². The van der Waals surface area contributed by atoms with Crippen LogP contribution in [0.1, 0.15) is 64.5 Å². The zero-order valence-corrected chi connectivity index (χ0v) is 20.9. The average molecular weight is 498 g/mol. The van der Waals surface area contributed by atoms with Crippen molar-refractivity contribution in [1.82, 2.24) is 25.1 Å². The van der Waals surface area contributed by atoms with Gasteiger partial charge < -0.3 is 9.88 Å². The number of aryl methyl sites for hydroxylation is 1. The Balaban J connectivity index is 1.29. The molecule has 0 bridgehead atoms. The van der Waals surface area contributed by atoms with Crippen molar-refractivity contribution in [2.75, 3.05) is 6.54 Å². The Bertz CT molecular complexity index is 1490. The second-order valence-electron chi connectivity index (χ2n) is 9.52. The summed E-state index contributed by atoms with van der Waals surface area (Å²) in [4.78, 5) is 18.6. The van der Waals surface area contributed by atoms with Crippen LogP contribution in [0.5, 0.6) is 0 Å². The zero-order valence-electron chi connectivity index (χ0n) is 20.1. The standard InChI is InChI=1S/C29H28ClN5O/c30-23-10-5-3-8-19(23)18-20-13-14-22-27(21-9-4-6-11-24(21)32-28(20)22)29(36)31-16-15-26-34-33-25-12-2-1-7-17-35(25)26/h3-6,8-11,18H,1-2,7,12-17H2,(H,31,36)/b20-18-. The van der Waals surface area contributed by atoms with Crippen LogP contribution in [0, 0.1) is 0 Å². The Morgan fingerprint density at radius 1 is 1.00 bits per heavy atom. The van der Waals surface area contributed by atoms with Gasteiger partial charge in [0, 0.05) is 36.3 Å². The highest BCUT2D eigenvalue weighted by molar-refractivity contribution is 6.32. The molecule has 2 aromatic carbocycles. The number of para-hydroxylation sites is 1. The molecule has 182 valence electrons. The molecule has 3 heterocycles. The van der Waals surface area contributed by atoms with Crippen LogP contribution in [0.2, 0.25) is 5.02 Å². The smallest absolute Gasteiger partial charge is 0.252 e. The zero-order chi connectivity index (χ0) is 24.5. The van der Waals surface area contributed by atoms with Gasteiger partial charge in [-0.3, -0.25) is 4.79 Å². The fraction of sp³-hybridized carbons (Fsp3) is 0.310. The number of hydrogen-bond donors (Lipinski definition) is 1. The van der Waals surface area contributed by atoms with E-state index < -0.39 is 0 Å². The third kappa shape index (κ3) is 4.30. The number of nitrogens with one attached hydrogen (secondary N) is 1. The van der Waals surface area contributed by atoms with Crippen LogP contribution in [-0.4, -0.2) is 32.2 Å². The highest BCUT2D eigenvalue weighted by Gasteiger charge is 2.27. The minimum Gasteiger partial charge on any atom is -0.352 e. The van der Waals surface area contributed by atoms with Gasteiger partial charge in [-0.15, -0.1) is 10.2 Å². The van der Waals surface area contributed by atoms with Gasteiger partial charge in [0.1, 0.15) is 11.6 Å². The number of amides is 1. The maximum absolute atomic E-state index is 13.6. The molecule has 1 aliphatic carbocycles. The lowest BCUT2D eigenvalue weighted by molar-refractivity contribution is 0.0954. The van der Waals surface area contributed by atoms with E-state index in [0.717, 1.165) is 82.7 Å². The summed E-state index contributed by atoms with van der Waals surface area (Å²) in [5.74, 6) is 1.98. The van der Waals surface area contributed by atoms with E-state index in [-0.39, 0.29) is 5.91 Å². The van der Waals surface area contributed by atoms with E-state index in [1.165, 1.54) is 12.8 Å². The summed E-state index contributed by atoms with van der Waals surface area (Å²) in [7, 11) is 0. The molecule has 4 aromatic rings. The van der Waals surface area contributed by atoms with E-state index in [1.807, 2.05) is 48.5 Å². The van der Waals surface area contributed by atoms with Crippen LogP contribution in [0.4, 0.5) is 0 Å². The van der Waals surface area contributed by atoms with Gasteiger partial charge in [-0.25, -0.2) is 4.98 Å². The quantitative estimate of drug-likeness (QED) is 0.386. The lowest BCUT2D eigenvalue weighted by Gasteiger charge is -2.13. The number of allylic oxidation sites excluding steroid dienone is 1. The fourth-order valence-corrected chi connectivity index (χ4v) is 5.61. The molecule has 6 nitrogen and oxygen atoms in total. The van der Waals surface area contributed by atoms with Crippen LogP contribution in [0.15, 0.2) is 48.5 Å². The predicted octanol–water partition coefficient (Wildman–Crippen LogP) is 5.67. The highest BCUT2D eigenvalue weighted by atomic mass is 35.5. The molecule has 1 aliphatic heterocycles. The Morgan fingerprint density at radius 3 is 2.78 bits per heavy atom. The third-order valence-electron chi connectivity index (χ3n) is 7.22. The maximum Gasteiger partial charge on any atom is 0.252 e. The third-order valence-corrected chi connectivity index (χ3v) is 7.57. The Hall–Kier alpha value is -3.51. The van der Waals surface area contributed by atoms with Crippen molar-refractivity contribution < 1.29 is 4.79 Å². The second-order valence-corrected chi connectivity index (χ2v) is 9.93. The number of fused-ring (bicyclic) bond motifs is 3. The first-order valence-electron chi connectivity index (χ1n) is 12.8. The first kappa shape index (κ1) is 22.9. The van der Waals surface area contributed by atoms with Crippen molar-refractivity contribution >= 4 is 40.1 Å². The van der Waals surface area contributed by atoms with Crippen molar-refractivity contribution in [3.05, 3.63) is 87.6 Å². The summed E-state index contributed by atoms with van der Waals surface area (Å²) < 4.78 is 2.24. The van der Waals surface area contributed by atoms with Crippen molar-refractivity contribution in [1.29, 1.82) is 0 Å². The number of hydrogen-bond acceptors (Lipinski definition) is 4. The Labute approximate surface area is 215 Å². The summed E-state index contributed by atoms with van der Waals surface area (Å²) >= 11 is 6.42. The van der Waals surface area contributed by atoms with Gasteiger partial charge in [-0.2, -0.15) is 0 Å². The van der Waals surface area contributed by atoms with E-state index in [1.54, 1.807) is 0 Å². The van der Waals surface area contributed by atoms with Crippen molar-refractivity contribution in [3.63, 3.8) is 0 Å². The Morgan fingerprint density at radius 2 is 1.86 bits per heavy atom. The summed E-state index contributed by atoms with van der Waals surface area (Å²) in [6.07, 6.45) is 8.92. The predicted molar refractivity (Wildman–Crippen MR) is 143 cm³/mol. The number of benzene rings is 2. The number of carbonyl (C=O) groups excluding carboxylic acids is 1. The minimum atomic E-state index is -0.0561. The summed E-state index contributed by atoms with van der Waals surface area (Å²) in [5.41, 5.74) is 5.57. The summed E-state index contributed by atoms with van der Waals surface area (Å²) in [6.45, 7) is 1.49. The van der Waals surface area contributed by atoms with Crippen LogP contribution < -0.4 is 5.32 Å². The molecule has 0 radical (unpaired) electrons. The van der Waals surface area contributed by atoms with E-state index in [9.17, 15) is 4.79 Å². The average Bonchev–Trinajstić information content (AvgIpc) is 3.38. The highest BCUT2D eigenvalue weighted by Crippen LogP contribution is 2.38. The molecule has 2 aromatic heterocycles. The molecule has 2 aliphatic rings. The van der Waals surface area contributed by atoms with E-state index >= 15 is 0 Å². The molecule has 1 N–H and O–H groups in total. The SMILES string of the molecule is O=C(NCCc1nnc2n1CCCCC2)c1c2c(nc3ccccc13)/C(=C\c1ccccc1Cl)CC2. The molecule has 0 unspecified atom stereocenters. The molecule has 0 atom stereocenters. The van der Waals surface area contributed by atoms with Crippen molar-refractivity contribution in [2.45, 2.75) is 51.5 Å². The fourth-order valence-electron chi connectivity index (χ4n) is 5.42. The lowest BCUT2D eigenvalue weighted by atomic mass is 10.00. The molecular weight excluding hydrogens is 470 g/mol. The largest absolute Gasteiger partial charge is 0.352 e. The molecule has 0 fully saturated rings. The van der Waals surface area contributed by atoms with Gasteiger partial charge in [0.05, 0.1) is 16.8 Å². The van der Waals surface area contributed by atoms with Crippen LogP contribution in [0.25, 0.3) is 22.6 Å². The molecule has 6 rings (SSSR count). The number of halogens is 1. The van der Waals surface area contributed by atoms with Crippen molar-refractivity contribution in [2.24, 2.45) is 0 Å². The van der Waals surface area contributed by atoms with Crippen LogP contribution in [0.3, 0.4) is 0 Å². The number of aromatic nitrogens is 4. The first-order chi connectivity index (χ1) is 17.7.